The average molecular weight is 238 g/mol. The largest absolute Gasteiger partial charge is 0.293 e. The summed E-state index contributed by atoms with van der Waals surface area (Å²) in [6.07, 6.45) is 1.78. The van der Waals surface area contributed by atoms with Gasteiger partial charge in [-0.2, -0.15) is 0 Å². The van der Waals surface area contributed by atoms with Gasteiger partial charge in [0.2, 0.25) is 0 Å². The van der Waals surface area contributed by atoms with Crippen LogP contribution in [0.3, 0.4) is 0 Å². The van der Waals surface area contributed by atoms with Gasteiger partial charge in [-0.3, -0.25) is 4.79 Å². The lowest BCUT2D eigenvalue weighted by molar-refractivity contribution is 0.0958. The SMILES string of the molecule is Cc1ccsc1C(=O)CC(C)CC(C)(C)C. The number of aryl methyl sites for hydroxylation is 1. The lowest BCUT2D eigenvalue weighted by Crippen LogP contribution is -2.14. The van der Waals surface area contributed by atoms with E-state index in [1.165, 1.54) is 0 Å². The summed E-state index contributed by atoms with van der Waals surface area (Å²) in [7, 11) is 0. The first-order valence-corrected chi connectivity index (χ1v) is 6.75. The molecule has 0 aliphatic heterocycles. The van der Waals surface area contributed by atoms with Crippen molar-refractivity contribution in [3.63, 3.8) is 0 Å². The fourth-order valence-electron chi connectivity index (χ4n) is 2.19. The molecule has 1 aromatic rings. The molecule has 0 aliphatic carbocycles. The maximum atomic E-state index is 12.0. The molecule has 90 valence electrons. The normalized spacial score (nSPS) is 13.8. The van der Waals surface area contributed by atoms with Crippen LogP contribution in [0.5, 0.6) is 0 Å². The summed E-state index contributed by atoms with van der Waals surface area (Å²) in [6.45, 7) is 10.9. The first-order chi connectivity index (χ1) is 7.29. The Balaban J connectivity index is 2.56. The van der Waals surface area contributed by atoms with E-state index in [2.05, 4.69) is 27.7 Å². The summed E-state index contributed by atoms with van der Waals surface area (Å²) in [5.74, 6) is 0.776. The highest BCUT2D eigenvalue weighted by atomic mass is 32.1. The third kappa shape index (κ3) is 4.09. The predicted octanol–water partition coefficient (Wildman–Crippen LogP) is 4.70. The number of rotatable bonds is 4. The van der Waals surface area contributed by atoms with E-state index >= 15 is 0 Å². The van der Waals surface area contributed by atoms with Crippen LogP contribution in [-0.4, -0.2) is 5.78 Å². The van der Waals surface area contributed by atoms with Crippen LogP contribution in [-0.2, 0) is 0 Å². The molecule has 0 aliphatic rings. The minimum Gasteiger partial charge on any atom is -0.293 e. The zero-order valence-corrected chi connectivity index (χ0v) is 11.8. The second-order valence-corrected chi connectivity index (χ2v) is 6.85. The van der Waals surface area contributed by atoms with E-state index in [1.807, 2.05) is 18.4 Å². The first-order valence-electron chi connectivity index (χ1n) is 5.87. The molecule has 0 saturated heterocycles. The molecule has 1 unspecified atom stereocenters. The molecule has 0 fully saturated rings. The van der Waals surface area contributed by atoms with Crippen molar-refractivity contribution < 1.29 is 4.79 Å². The van der Waals surface area contributed by atoms with Gasteiger partial charge in [0.1, 0.15) is 0 Å². The summed E-state index contributed by atoms with van der Waals surface area (Å²) in [4.78, 5) is 13.0. The Hall–Kier alpha value is -0.630. The zero-order valence-electron chi connectivity index (χ0n) is 11.0. The minimum atomic E-state index is 0.309. The summed E-state index contributed by atoms with van der Waals surface area (Å²) < 4.78 is 0. The molecular formula is C14H22OS. The zero-order chi connectivity index (χ0) is 12.3. The van der Waals surface area contributed by atoms with Crippen LogP contribution in [0.2, 0.25) is 0 Å². The molecule has 0 bridgehead atoms. The Morgan fingerprint density at radius 3 is 2.50 bits per heavy atom. The van der Waals surface area contributed by atoms with Gasteiger partial charge < -0.3 is 0 Å². The molecule has 0 aromatic carbocycles. The lowest BCUT2D eigenvalue weighted by atomic mass is 9.83. The predicted molar refractivity (Wildman–Crippen MR) is 71.2 cm³/mol. The molecule has 1 heterocycles. The van der Waals surface area contributed by atoms with E-state index in [0.717, 1.165) is 16.9 Å². The second-order valence-electron chi connectivity index (χ2n) is 5.93. The van der Waals surface area contributed by atoms with Crippen molar-refractivity contribution in [2.75, 3.05) is 0 Å². The molecular weight excluding hydrogens is 216 g/mol. The van der Waals surface area contributed by atoms with Crippen LogP contribution >= 0.6 is 11.3 Å². The van der Waals surface area contributed by atoms with Crippen LogP contribution in [0, 0.1) is 18.3 Å². The molecule has 1 aromatic heterocycles. The monoisotopic (exact) mass is 238 g/mol. The Bertz CT molecular complexity index is 357. The molecule has 16 heavy (non-hydrogen) atoms. The van der Waals surface area contributed by atoms with Gasteiger partial charge in [-0.1, -0.05) is 27.7 Å². The van der Waals surface area contributed by atoms with Crippen LogP contribution in [0.15, 0.2) is 11.4 Å². The van der Waals surface area contributed by atoms with Gasteiger partial charge in [0.15, 0.2) is 5.78 Å². The molecule has 1 rings (SSSR count). The molecule has 0 N–H and O–H groups in total. The van der Waals surface area contributed by atoms with Gasteiger partial charge in [0.25, 0.3) is 0 Å². The Morgan fingerprint density at radius 2 is 2.06 bits per heavy atom. The highest BCUT2D eigenvalue weighted by Gasteiger charge is 2.19. The number of carbonyl (C=O) groups is 1. The summed E-state index contributed by atoms with van der Waals surface area (Å²) in [5.41, 5.74) is 1.43. The number of hydrogen-bond donors (Lipinski definition) is 0. The maximum Gasteiger partial charge on any atom is 0.173 e. The molecule has 1 atom stereocenters. The highest BCUT2D eigenvalue weighted by molar-refractivity contribution is 7.12. The summed E-state index contributed by atoms with van der Waals surface area (Å²) >= 11 is 1.57. The Kier molecular flexibility index (Phi) is 4.31. The van der Waals surface area contributed by atoms with E-state index in [9.17, 15) is 4.79 Å². The van der Waals surface area contributed by atoms with Crippen LogP contribution in [0.4, 0.5) is 0 Å². The van der Waals surface area contributed by atoms with E-state index < -0.39 is 0 Å². The highest BCUT2D eigenvalue weighted by Crippen LogP contribution is 2.28. The van der Waals surface area contributed by atoms with Crippen molar-refractivity contribution >= 4 is 17.1 Å². The fraction of sp³-hybridized carbons (Fsp3) is 0.643. The van der Waals surface area contributed by atoms with Crippen LogP contribution in [0.25, 0.3) is 0 Å². The molecule has 2 heteroatoms. The molecule has 0 spiro atoms. The Morgan fingerprint density at radius 1 is 1.44 bits per heavy atom. The number of ketones is 1. The fourth-order valence-corrected chi connectivity index (χ4v) is 3.06. The number of carbonyl (C=O) groups excluding carboxylic acids is 1. The van der Waals surface area contributed by atoms with Crippen molar-refractivity contribution in [2.45, 2.75) is 47.5 Å². The van der Waals surface area contributed by atoms with Gasteiger partial charge >= 0.3 is 0 Å². The van der Waals surface area contributed by atoms with Crippen molar-refractivity contribution in [1.82, 2.24) is 0 Å². The number of hydrogen-bond acceptors (Lipinski definition) is 2. The van der Waals surface area contributed by atoms with Gasteiger partial charge in [0, 0.05) is 6.42 Å². The topological polar surface area (TPSA) is 17.1 Å². The molecule has 0 saturated carbocycles. The van der Waals surface area contributed by atoms with E-state index in [-0.39, 0.29) is 0 Å². The van der Waals surface area contributed by atoms with Gasteiger partial charge in [0.05, 0.1) is 4.88 Å². The second kappa shape index (κ2) is 5.13. The van der Waals surface area contributed by atoms with Crippen LogP contribution < -0.4 is 0 Å². The summed E-state index contributed by atoms with van der Waals surface area (Å²) in [6, 6.07) is 2.02. The molecule has 1 nitrogen and oxygen atoms in total. The van der Waals surface area contributed by atoms with Crippen molar-refractivity contribution in [1.29, 1.82) is 0 Å². The van der Waals surface area contributed by atoms with Gasteiger partial charge in [-0.05, 0) is 41.7 Å². The maximum absolute atomic E-state index is 12.0. The van der Waals surface area contributed by atoms with E-state index in [0.29, 0.717) is 23.5 Å². The summed E-state index contributed by atoms with van der Waals surface area (Å²) in [5, 5.41) is 2.00. The Labute approximate surface area is 103 Å². The van der Waals surface area contributed by atoms with Gasteiger partial charge in [-0.25, -0.2) is 0 Å². The van der Waals surface area contributed by atoms with Crippen LogP contribution in [0.1, 0.15) is 55.8 Å². The van der Waals surface area contributed by atoms with E-state index in [4.69, 9.17) is 0 Å². The van der Waals surface area contributed by atoms with E-state index in [1.54, 1.807) is 11.3 Å². The smallest absolute Gasteiger partial charge is 0.173 e. The third-order valence-corrected chi connectivity index (χ3v) is 3.67. The molecule has 0 radical (unpaired) electrons. The van der Waals surface area contributed by atoms with Crippen molar-refractivity contribution in [3.05, 3.63) is 21.9 Å². The van der Waals surface area contributed by atoms with Crippen molar-refractivity contribution in [2.24, 2.45) is 11.3 Å². The third-order valence-electron chi connectivity index (χ3n) is 2.61. The average Bonchev–Trinajstić information content (AvgIpc) is 2.47. The minimum absolute atomic E-state index is 0.309. The number of thiophene rings is 1. The standard InChI is InChI=1S/C14H22OS/c1-10(9-14(3,4)5)8-12(15)13-11(2)6-7-16-13/h6-7,10H,8-9H2,1-5H3. The van der Waals surface area contributed by atoms with Crippen molar-refractivity contribution in [3.8, 4) is 0 Å². The number of Topliss-reactive ketones (excluding diaryl/α,β-unsaturated/α-hetero) is 1. The first kappa shape index (κ1) is 13.4. The quantitative estimate of drug-likeness (QED) is 0.695. The molecule has 0 amide bonds. The van der Waals surface area contributed by atoms with Gasteiger partial charge in [-0.15, -0.1) is 11.3 Å². The lowest BCUT2D eigenvalue weighted by Gasteiger charge is -2.22.